The van der Waals surface area contributed by atoms with Crippen molar-refractivity contribution < 1.29 is 19.5 Å². The van der Waals surface area contributed by atoms with E-state index in [0.717, 1.165) is 16.9 Å². The normalized spacial score (nSPS) is 12.2. The van der Waals surface area contributed by atoms with E-state index in [4.69, 9.17) is 15.3 Å². The van der Waals surface area contributed by atoms with E-state index >= 15 is 0 Å². The molecule has 0 aromatic heterocycles. The van der Waals surface area contributed by atoms with Crippen molar-refractivity contribution in [2.75, 3.05) is 19.8 Å². The average molecular weight is 268 g/mol. The highest BCUT2D eigenvalue weighted by atomic mass is 16.6. The minimum atomic E-state index is -0.744. The van der Waals surface area contributed by atoms with Gasteiger partial charge in [-0.25, -0.2) is 0 Å². The third kappa shape index (κ3) is 5.69. The summed E-state index contributed by atoms with van der Waals surface area (Å²) in [6.07, 6.45) is -0.744. The van der Waals surface area contributed by atoms with Crippen LogP contribution < -0.4 is 16.0 Å². The van der Waals surface area contributed by atoms with Gasteiger partial charge in [-0.2, -0.15) is 5.48 Å². The first-order valence-electron chi connectivity index (χ1n) is 6.00. The van der Waals surface area contributed by atoms with Crippen LogP contribution in [0.2, 0.25) is 0 Å². The fourth-order valence-corrected chi connectivity index (χ4v) is 1.54. The summed E-state index contributed by atoms with van der Waals surface area (Å²) >= 11 is 0. The van der Waals surface area contributed by atoms with E-state index in [0.29, 0.717) is 0 Å². The van der Waals surface area contributed by atoms with Crippen LogP contribution >= 0.6 is 0 Å². The lowest BCUT2D eigenvalue weighted by molar-refractivity contribution is -0.125. The molecular formula is C13H20N2O4. The Morgan fingerprint density at radius 1 is 1.42 bits per heavy atom. The van der Waals surface area contributed by atoms with E-state index in [1.54, 1.807) is 0 Å². The zero-order valence-electron chi connectivity index (χ0n) is 11.2. The molecule has 0 saturated carbocycles. The first-order chi connectivity index (χ1) is 9.00. The Morgan fingerprint density at radius 2 is 2.05 bits per heavy atom. The van der Waals surface area contributed by atoms with E-state index < -0.39 is 12.0 Å². The Kier molecular flexibility index (Phi) is 6.27. The van der Waals surface area contributed by atoms with Crippen LogP contribution in [0, 0.1) is 13.8 Å². The summed E-state index contributed by atoms with van der Waals surface area (Å²) < 4.78 is 5.57. The smallest absolute Gasteiger partial charge is 0.245 e. The number of amides is 1. The van der Waals surface area contributed by atoms with Gasteiger partial charge in [0.05, 0.1) is 6.54 Å². The fourth-order valence-electron chi connectivity index (χ4n) is 1.54. The molecular weight excluding hydrogens is 248 g/mol. The maximum Gasteiger partial charge on any atom is 0.245 e. The second-order valence-corrected chi connectivity index (χ2v) is 4.29. The highest BCUT2D eigenvalue weighted by molar-refractivity contribution is 5.74. The highest BCUT2D eigenvalue weighted by Crippen LogP contribution is 2.22. The lowest BCUT2D eigenvalue weighted by Gasteiger charge is -2.15. The number of hydroxylamine groups is 1. The third-order valence-electron chi connectivity index (χ3n) is 2.46. The molecule has 0 fully saturated rings. The molecule has 1 atom stereocenters. The van der Waals surface area contributed by atoms with E-state index in [1.165, 1.54) is 0 Å². The molecule has 19 heavy (non-hydrogen) atoms. The quantitative estimate of drug-likeness (QED) is 0.457. The number of primary amides is 1. The highest BCUT2D eigenvalue weighted by Gasteiger charge is 2.08. The topological polar surface area (TPSA) is 93.8 Å². The molecule has 1 aromatic carbocycles. The number of para-hydroxylation sites is 1. The van der Waals surface area contributed by atoms with Crippen molar-refractivity contribution in [3.05, 3.63) is 29.3 Å². The third-order valence-corrected chi connectivity index (χ3v) is 2.46. The van der Waals surface area contributed by atoms with E-state index in [-0.39, 0.29) is 19.8 Å². The van der Waals surface area contributed by atoms with Gasteiger partial charge in [0.25, 0.3) is 0 Å². The second-order valence-electron chi connectivity index (χ2n) is 4.29. The molecule has 0 bridgehead atoms. The van der Waals surface area contributed by atoms with Crippen LogP contribution in [-0.4, -0.2) is 36.9 Å². The summed E-state index contributed by atoms with van der Waals surface area (Å²) in [6.45, 7) is 3.95. The molecule has 6 heteroatoms. The molecule has 1 rings (SSSR count). The van der Waals surface area contributed by atoms with Crippen molar-refractivity contribution in [1.29, 1.82) is 0 Å². The average Bonchev–Trinajstić information content (AvgIpc) is 2.34. The minimum Gasteiger partial charge on any atom is -0.490 e. The van der Waals surface area contributed by atoms with Gasteiger partial charge >= 0.3 is 0 Å². The summed E-state index contributed by atoms with van der Waals surface area (Å²) in [4.78, 5) is 15.1. The van der Waals surface area contributed by atoms with Crippen molar-refractivity contribution in [1.82, 2.24) is 5.48 Å². The van der Waals surface area contributed by atoms with Crippen LogP contribution in [0.4, 0.5) is 0 Å². The second kappa shape index (κ2) is 7.73. The van der Waals surface area contributed by atoms with Gasteiger partial charge in [-0.1, -0.05) is 18.2 Å². The number of hydrogen-bond acceptors (Lipinski definition) is 5. The van der Waals surface area contributed by atoms with Gasteiger partial charge < -0.3 is 15.6 Å². The maximum absolute atomic E-state index is 10.4. The Hall–Kier alpha value is -1.63. The SMILES string of the molecule is Cc1cccc(C)c1OCC(O)CNOCC(N)=O. The van der Waals surface area contributed by atoms with E-state index in [2.05, 4.69) is 5.48 Å². The molecule has 1 amide bonds. The summed E-state index contributed by atoms with van der Waals surface area (Å²) in [7, 11) is 0. The number of aryl methyl sites for hydroxylation is 2. The summed E-state index contributed by atoms with van der Waals surface area (Å²) in [5.41, 5.74) is 9.37. The number of hydrogen-bond donors (Lipinski definition) is 3. The van der Waals surface area contributed by atoms with Gasteiger partial charge in [0.1, 0.15) is 25.1 Å². The van der Waals surface area contributed by atoms with Crippen LogP contribution in [0.15, 0.2) is 18.2 Å². The molecule has 0 aliphatic heterocycles. The Balaban J connectivity index is 2.30. The van der Waals surface area contributed by atoms with Gasteiger partial charge in [-0.3, -0.25) is 9.63 Å². The lowest BCUT2D eigenvalue weighted by atomic mass is 10.1. The summed E-state index contributed by atoms with van der Waals surface area (Å²) in [5, 5.41) is 9.67. The van der Waals surface area contributed by atoms with Gasteiger partial charge in [-0.15, -0.1) is 0 Å². The van der Waals surface area contributed by atoms with Crippen molar-refractivity contribution in [3.63, 3.8) is 0 Å². The Bertz CT molecular complexity index is 403. The predicted octanol–water partition coefficient (Wildman–Crippen LogP) is 0.0496. The molecule has 0 aliphatic rings. The Labute approximate surface area is 112 Å². The number of carbonyl (C=O) groups is 1. The van der Waals surface area contributed by atoms with Gasteiger partial charge in [0.15, 0.2) is 0 Å². The van der Waals surface area contributed by atoms with Crippen LogP contribution in [0.1, 0.15) is 11.1 Å². The molecule has 0 saturated heterocycles. The van der Waals surface area contributed by atoms with Crippen molar-refractivity contribution >= 4 is 5.91 Å². The number of benzene rings is 1. The molecule has 4 N–H and O–H groups in total. The standard InChI is InChI=1S/C13H20N2O4/c1-9-4-3-5-10(2)13(9)18-7-11(16)6-15-19-8-12(14)17/h3-5,11,15-16H,6-8H2,1-2H3,(H2,14,17). The molecule has 0 radical (unpaired) electrons. The number of carbonyl (C=O) groups excluding carboxylic acids is 1. The first kappa shape index (κ1) is 15.4. The largest absolute Gasteiger partial charge is 0.490 e. The van der Waals surface area contributed by atoms with Crippen LogP contribution in [0.5, 0.6) is 5.75 Å². The number of aliphatic hydroxyl groups is 1. The number of nitrogens with one attached hydrogen (secondary N) is 1. The van der Waals surface area contributed by atoms with Crippen LogP contribution in [-0.2, 0) is 9.63 Å². The number of nitrogens with two attached hydrogens (primary N) is 1. The minimum absolute atomic E-state index is 0.138. The maximum atomic E-state index is 10.4. The molecule has 6 nitrogen and oxygen atoms in total. The van der Waals surface area contributed by atoms with Crippen molar-refractivity contribution in [2.24, 2.45) is 5.73 Å². The summed E-state index contributed by atoms with van der Waals surface area (Å²) in [5.74, 6) is 0.202. The molecule has 1 unspecified atom stereocenters. The molecule has 0 heterocycles. The number of rotatable bonds is 8. The van der Waals surface area contributed by atoms with Crippen LogP contribution in [0.3, 0.4) is 0 Å². The molecule has 0 aliphatic carbocycles. The fraction of sp³-hybridized carbons (Fsp3) is 0.462. The first-order valence-corrected chi connectivity index (χ1v) is 6.00. The molecule has 106 valence electrons. The van der Waals surface area contributed by atoms with Gasteiger partial charge in [0.2, 0.25) is 5.91 Å². The van der Waals surface area contributed by atoms with Gasteiger partial charge in [-0.05, 0) is 25.0 Å². The number of aliphatic hydroxyl groups excluding tert-OH is 1. The van der Waals surface area contributed by atoms with Crippen LogP contribution in [0.25, 0.3) is 0 Å². The van der Waals surface area contributed by atoms with Gasteiger partial charge in [0, 0.05) is 0 Å². The molecule has 1 aromatic rings. The van der Waals surface area contributed by atoms with E-state index in [9.17, 15) is 9.90 Å². The number of ether oxygens (including phenoxy) is 1. The zero-order valence-corrected chi connectivity index (χ0v) is 11.2. The van der Waals surface area contributed by atoms with Crippen molar-refractivity contribution in [3.8, 4) is 5.75 Å². The van der Waals surface area contributed by atoms with Crippen molar-refractivity contribution in [2.45, 2.75) is 20.0 Å². The Morgan fingerprint density at radius 3 is 2.63 bits per heavy atom. The predicted molar refractivity (Wildman–Crippen MR) is 70.6 cm³/mol. The molecule has 0 spiro atoms. The lowest BCUT2D eigenvalue weighted by Crippen LogP contribution is -2.34. The van der Waals surface area contributed by atoms with E-state index in [1.807, 2.05) is 32.0 Å². The summed E-state index contributed by atoms with van der Waals surface area (Å²) in [6, 6.07) is 5.85. The zero-order chi connectivity index (χ0) is 14.3. The monoisotopic (exact) mass is 268 g/mol.